The van der Waals surface area contributed by atoms with E-state index in [0.717, 1.165) is 60.1 Å². The Morgan fingerprint density at radius 1 is 0.472 bits per heavy atom. The van der Waals surface area contributed by atoms with Crippen LogP contribution in [0.1, 0.15) is 19.3 Å². The van der Waals surface area contributed by atoms with Crippen LogP contribution >= 0.6 is 0 Å². The number of nitrogens with one attached hydrogen (secondary N) is 4. The van der Waals surface area contributed by atoms with E-state index in [9.17, 15) is 19.2 Å². The Kier molecular flexibility index (Phi) is 17.6. The number of nitrogens with zero attached hydrogens (tertiary/aromatic N) is 8. The molecule has 0 spiro atoms. The summed E-state index contributed by atoms with van der Waals surface area (Å²) in [5.74, 6) is 0.445. The van der Waals surface area contributed by atoms with Gasteiger partial charge >= 0.3 is 0 Å². The van der Waals surface area contributed by atoms with Crippen molar-refractivity contribution in [1.29, 1.82) is 0 Å². The first-order valence-corrected chi connectivity index (χ1v) is 24.0. The number of benzene rings is 4. The van der Waals surface area contributed by atoms with Gasteiger partial charge in [0.15, 0.2) is 0 Å². The van der Waals surface area contributed by atoms with Crippen molar-refractivity contribution >= 4 is 69.6 Å². The number of aromatic nitrogens is 4. The zero-order valence-corrected chi connectivity index (χ0v) is 40.6. The van der Waals surface area contributed by atoms with Crippen LogP contribution in [0, 0.1) is 0 Å². The molecule has 2 fully saturated rings. The van der Waals surface area contributed by atoms with Crippen molar-refractivity contribution in [2.45, 2.75) is 19.3 Å². The molecule has 2 saturated heterocycles. The molecule has 374 valence electrons. The number of carbonyl (C=O) groups is 4. The van der Waals surface area contributed by atoms with E-state index in [1.807, 2.05) is 94.7 Å². The third-order valence-electron chi connectivity index (χ3n) is 12.2. The average Bonchev–Trinajstić information content (AvgIpc) is 3.42. The van der Waals surface area contributed by atoms with Gasteiger partial charge in [-0.3, -0.25) is 19.2 Å². The molecule has 8 rings (SSSR count). The topological polar surface area (TPSA) is 209 Å². The predicted molar refractivity (Wildman–Crippen MR) is 278 cm³/mol. The Balaban J connectivity index is 0.742. The third kappa shape index (κ3) is 14.3. The summed E-state index contributed by atoms with van der Waals surface area (Å²) in [4.78, 5) is 77.0. The summed E-state index contributed by atoms with van der Waals surface area (Å²) < 4.78 is 15.4. The first-order valence-electron chi connectivity index (χ1n) is 24.0. The summed E-state index contributed by atoms with van der Waals surface area (Å²) in [6.45, 7) is 6.99. The molecule has 4 heterocycles. The smallest absolute Gasteiger partial charge is 0.248 e. The van der Waals surface area contributed by atoms with Crippen molar-refractivity contribution in [3.8, 4) is 22.5 Å². The van der Waals surface area contributed by atoms with Gasteiger partial charge in [-0.05, 0) is 84.9 Å². The van der Waals surface area contributed by atoms with Crippen molar-refractivity contribution in [1.82, 2.24) is 29.7 Å². The maximum Gasteiger partial charge on any atom is 0.248 e. The molecule has 19 heteroatoms. The van der Waals surface area contributed by atoms with E-state index in [-0.39, 0.29) is 43.1 Å². The molecule has 2 aliphatic heterocycles. The van der Waals surface area contributed by atoms with Crippen LogP contribution in [0.15, 0.2) is 122 Å². The largest absolute Gasteiger partial charge is 0.384 e. The van der Waals surface area contributed by atoms with Crippen molar-refractivity contribution in [3.05, 3.63) is 122 Å². The van der Waals surface area contributed by atoms with Gasteiger partial charge in [-0.25, -0.2) is 19.9 Å². The van der Waals surface area contributed by atoms with Crippen LogP contribution in [0.25, 0.3) is 22.5 Å². The lowest BCUT2D eigenvalue weighted by atomic mass is 10.1. The number of amides is 4. The van der Waals surface area contributed by atoms with Gasteiger partial charge in [0.05, 0.1) is 37.6 Å². The molecule has 2 aromatic heterocycles. The standard InChI is InChI=1S/C53H60N12O7/c1-70-34-23-50(68)64-30-26-62(27-31-64)44-15-11-42(12-16-44)58-52-54-24-21-46(60-52)38-3-7-40(8-4-38)56-48(66)19-20-49(67)57-41-9-5-39(6-10-41)47-22-25-55-53(61-47)59-43-13-17-45(18-14-43)63-28-32-65(33-29-63)51(69)37-72-36-35-71-2/h3-18,21-22,24-25H,19-20,23,26-37H2,1-2H3,(H,56,66)(H,57,67)(H,54,58,60)(H,55,59,61). The van der Waals surface area contributed by atoms with Gasteiger partial charge in [0.25, 0.3) is 0 Å². The van der Waals surface area contributed by atoms with Gasteiger partial charge in [0, 0.05) is 137 Å². The minimum Gasteiger partial charge on any atom is -0.384 e. The lowest BCUT2D eigenvalue weighted by molar-refractivity contribution is -0.137. The lowest BCUT2D eigenvalue weighted by Crippen LogP contribution is -2.49. The maximum absolute atomic E-state index is 12.8. The van der Waals surface area contributed by atoms with Gasteiger partial charge in [-0.1, -0.05) is 24.3 Å². The molecule has 0 bridgehead atoms. The normalized spacial score (nSPS) is 13.6. The van der Waals surface area contributed by atoms with Crippen molar-refractivity contribution in [2.24, 2.45) is 0 Å². The minimum absolute atomic E-state index is 0.00534. The number of anilines is 8. The maximum atomic E-state index is 12.8. The van der Waals surface area contributed by atoms with Crippen LogP contribution in [-0.2, 0) is 33.4 Å². The molecule has 0 radical (unpaired) electrons. The van der Waals surface area contributed by atoms with E-state index in [2.05, 4.69) is 41.0 Å². The molecule has 4 aromatic carbocycles. The van der Waals surface area contributed by atoms with Gasteiger partial charge in [-0.15, -0.1) is 0 Å². The van der Waals surface area contributed by atoms with Crippen LogP contribution < -0.4 is 31.1 Å². The first kappa shape index (κ1) is 50.4. The Hall–Kier alpha value is -8.00. The fourth-order valence-corrected chi connectivity index (χ4v) is 8.22. The summed E-state index contributed by atoms with van der Waals surface area (Å²) in [5, 5.41) is 12.3. The van der Waals surface area contributed by atoms with Gasteiger partial charge < -0.3 is 55.1 Å². The second-order valence-electron chi connectivity index (χ2n) is 17.1. The second kappa shape index (κ2) is 25.2. The zero-order valence-electron chi connectivity index (χ0n) is 40.6. The molecule has 0 aliphatic carbocycles. The molecule has 0 atom stereocenters. The van der Waals surface area contributed by atoms with E-state index < -0.39 is 0 Å². The molecule has 6 aromatic rings. The highest BCUT2D eigenvalue weighted by Gasteiger charge is 2.23. The fraction of sp³-hybridized carbons (Fsp3) is 0.321. The van der Waals surface area contributed by atoms with E-state index in [0.29, 0.717) is 87.1 Å². The molecule has 19 nitrogen and oxygen atoms in total. The van der Waals surface area contributed by atoms with E-state index in [1.54, 1.807) is 50.9 Å². The molecule has 4 N–H and O–H groups in total. The summed E-state index contributed by atoms with van der Waals surface area (Å²) in [6.07, 6.45) is 3.80. The SMILES string of the molecule is COCCOCC(=O)N1CCN(c2ccc(Nc3nccc(-c4ccc(NC(=O)CCC(=O)Nc5ccc(-c6ccnc(Nc7ccc(N8CCN(C(=O)CCOC)CC8)cc7)n6)cc5)cc4)n3)cc2)CC1. The predicted octanol–water partition coefficient (Wildman–Crippen LogP) is 6.44. The fourth-order valence-electron chi connectivity index (χ4n) is 8.22. The number of rotatable bonds is 21. The Labute approximate surface area is 418 Å². The van der Waals surface area contributed by atoms with Crippen LogP contribution in [0.3, 0.4) is 0 Å². The van der Waals surface area contributed by atoms with Crippen molar-refractivity contribution in [2.75, 3.05) is 124 Å². The number of hydrogen-bond acceptors (Lipinski definition) is 15. The number of ether oxygens (including phenoxy) is 3. The van der Waals surface area contributed by atoms with Crippen molar-refractivity contribution < 1.29 is 33.4 Å². The monoisotopic (exact) mass is 976 g/mol. The highest BCUT2D eigenvalue weighted by Crippen LogP contribution is 2.26. The van der Waals surface area contributed by atoms with E-state index in [1.165, 1.54) is 0 Å². The lowest BCUT2D eigenvalue weighted by Gasteiger charge is -2.36. The van der Waals surface area contributed by atoms with Gasteiger partial charge in [-0.2, -0.15) is 0 Å². The Bertz CT molecular complexity index is 2730. The highest BCUT2D eigenvalue weighted by molar-refractivity contribution is 5.97. The molecule has 4 amide bonds. The Morgan fingerprint density at radius 2 is 0.889 bits per heavy atom. The molecule has 2 aliphatic rings. The van der Waals surface area contributed by atoms with Gasteiger partial charge in [0.1, 0.15) is 6.61 Å². The van der Waals surface area contributed by atoms with Crippen LogP contribution in [-0.4, -0.2) is 146 Å². The number of hydrogen-bond donors (Lipinski definition) is 4. The molecule has 0 unspecified atom stereocenters. The first-order chi connectivity index (χ1) is 35.2. The summed E-state index contributed by atoms with van der Waals surface area (Å²) in [6, 6.07) is 34.4. The van der Waals surface area contributed by atoms with E-state index >= 15 is 0 Å². The average molecular weight is 977 g/mol. The number of methoxy groups -OCH3 is 2. The minimum atomic E-state index is -0.282. The number of carbonyl (C=O) groups excluding carboxylic acids is 4. The molecular formula is C53H60N12O7. The summed E-state index contributed by atoms with van der Waals surface area (Å²) in [7, 11) is 3.21. The summed E-state index contributed by atoms with van der Waals surface area (Å²) >= 11 is 0. The van der Waals surface area contributed by atoms with E-state index in [4.69, 9.17) is 24.2 Å². The second-order valence-corrected chi connectivity index (χ2v) is 17.1. The highest BCUT2D eigenvalue weighted by atomic mass is 16.5. The quantitative estimate of drug-likeness (QED) is 0.0573. The molecule has 72 heavy (non-hydrogen) atoms. The van der Waals surface area contributed by atoms with Crippen molar-refractivity contribution in [3.63, 3.8) is 0 Å². The Morgan fingerprint density at radius 3 is 1.32 bits per heavy atom. The molecule has 0 saturated carbocycles. The van der Waals surface area contributed by atoms with Crippen LogP contribution in [0.5, 0.6) is 0 Å². The zero-order chi connectivity index (χ0) is 50.1. The van der Waals surface area contributed by atoms with Gasteiger partial charge in [0.2, 0.25) is 35.5 Å². The van der Waals surface area contributed by atoms with Crippen LogP contribution in [0.2, 0.25) is 0 Å². The third-order valence-corrected chi connectivity index (χ3v) is 12.2. The van der Waals surface area contributed by atoms with Crippen LogP contribution in [0.4, 0.5) is 46.0 Å². The molecular weight excluding hydrogens is 917 g/mol. The summed E-state index contributed by atoms with van der Waals surface area (Å²) in [5.41, 5.74) is 8.13. The number of piperazine rings is 2.